The molecule has 90 valence electrons. The molecule has 1 N–H and O–H groups in total. The lowest BCUT2D eigenvalue weighted by Gasteiger charge is -2.18. The van der Waals surface area contributed by atoms with E-state index in [-0.39, 0.29) is 0 Å². The molecular formula is C12H13NO3S. The van der Waals surface area contributed by atoms with Gasteiger partial charge in [-0.1, -0.05) is 35.8 Å². The van der Waals surface area contributed by atoms with Gasteiger partial charge in [-0.05, 0) is 18.9 Å². The molecule has 17 heavy (non-hydrogen) atoms. The summed E-state index contributed by atoms with van der Waals surface area (Å²) >= 11 is 1.16. The molecule has 1 aliphatic carbocycles. The molecule has 0 amide bonds. The van der Waals surface area contributed by atoms with Crippen molar-refractivity contribution in [2.75, 3.05) is 0 Å². The Balaban J connectivity index is 2.00. The minimum Gasteiger partial charge on any atom is -0.477 e. The average molecular weight is 251 g/mol. The first-order chi connectivity index (χ1) is 8.25. The summed E-state index contributed by atoms with van der Waals surface area (Å²) in [5.74, 6) is -0.447. The van der Waals surface area contributed by atoms with Gasteiger partial charge in [-0.25, -0.2) is 4.79 Å². The van der Waals surface area contributed by atoms with E-state index in [0.717, 1.165) is 35.3 Å². The molecule has 0 saturated heterocycles. The maximum Gasteiger partial charge on any atom is 0.346 e. The second-order valence-electron chi connectivity index (χ2n) is 4.52. The van der Waals surface area contributed by atoms with Crippen LogP contribution in [0.1, 0.15) is 53.4 Å². The van der Waals surface area contributed by atoms with Crippen LogP contribution in [0.3, 0.4) is 0 Å². The standard InChI is InChI=1S/C12H13NO3S/c14-11(15)9-6-8-10(13-16-12(8)17-9)7-4-2-1-3-5-7/h6-7H,1-5H2,(H,14,15). The molecule has 0 atom stereocenters. The molecule has 1 fully saturated rings. The van der Waals surface area contributed by atoms with Crippen LogP contribution >= 0.6 is 11.3 Å². The predicted octanol–water partition coefficient (Wildman–Crippen LogP) is 3.64. The highest BCUT2D eigenvalue weighted by Crippen LogP contribution is 2.38. The number of fused-ring (bicyclic) bond motifs is 1. The number of nitrogens with zero attached hydrogens (tertiary/aromatic N) is 1. The third-order valence-corrected chi connectivity index (χ3v) is 4.40. The van der Waals surface area contributed by atoms with E-state index in [0.29, 0.717) is 15.7 Å². The summed E-state index contributed by atoms with van der Waals surface area (Å²) in [6.07, 6.45) is 6.03. The molecule has 0 unspecified atom stereocenters. The first kappa shape index (κ1) is 10.8. The summed E-state index contributed by atoms with van der Waals surface area (Å²) in [6, 6.07) is 1.70. The molecule has 0 aliphatic heterocycles. The molecule has 0 spiro atoms. The van der Waals surface area contributed by atoms with Crippen molar-refractivity contribution < 1.29 is 14.4 Å². The Bertz CT molecular complexity index is 551. The third kappa shape index (κ3) is 1.84. The van der Waals surface area contributed by atoms with Crippen molar-refractivity contribution in [1.29, 1.82) is 0 Å². The van der Waals surface area contributed by atoms with Crippen molar-refractivity contribution >= 4 is 27.6 Å². The van der Waals surface area contributed by atoms with E-state index in [9.17, 15) is 4.79 Å². The number of aromatic carboxylic acids is 1. The van der Waals surface area contributed by atoms with Gasteiger partial charge in [0, 0.05) is 5.92 Å². The van der Waals surface area contributed by atoms with Gasteiger partial charge in [0.25, 0.3) is 0 Å². The molecule has 4 nitrogen and oxygen atoms in total. The lowest BCUT2D eigenvalue weighted by molar-refractivity contribution is 0.0702. The first-order valence-electron chi connectivity index (χ1n) is 5.88. The fraction of sp³-hybridized carbons (Fsp3) is 0.500. The number of rotatable bonds is 2. The molecule has 3 rings (SSSR count). The molecule has 1 aliphatic rings. The van der Waals surface area contributed by atoms with Crippen molar-refractivity contribution in [3.63, 3.8) is 0 Å². The van der Waals surface area contributed by atoms with E-state index >= 15 is 0 Å². The lowest BCUT2D eigenvalue weighted by Crippen LogP contribution is -2.04. The fourth-order valence-corrected chi connectivity index (χ4v) is 3.35. The smallest absolute Gasteiger partial charge is 0.346 e. The molecule has 1 saturated carbocycles. The second-order valence-corrected chi connectivity index (χ2v) is 5.53. The van der Waals surface area contributed by atoms with Gasteiger partial charge >= 0.3 is 5.97 Å². The predicted molar refractivity (Wildman–Crippen MR) is 64.7 cm³/mol. The Morgan fingerprint density at radius 2 is 2.18 bits per heavy atom. The summed E-state index contributed by atoms with van der Waals surface area (Å²) in [5.41, 5.74) is 0.962. The summed E-state index contributed by atoms with van der Waals surface area (Å²) in [5, 5.41) is 14.0. The van der Waals surface area contributed by atoms with Crippen LogP contribution in [0.4, 0.5) is 0 Å². The first-order valence-corrected chi connectivity index (χ1v) is 6.70. The van der Waals surface area contributed by atoms with Gasteiger partial charge in [-0.2, -0.15) is 0 Å². The van der Waals surface area contributed by atoms with Crippen LogP contribution in [0, 0.1) is 0 Å². The van der Waals surface area contributed by atoms with Crippen molar-refractivity contribution in [1.82, 2.24) is 5.16 Å². The Hall–Kier alpha value is -1.36. The third-order valence-electron chi connectivity index (χ3n) is 3.40. The molecule has 0 radical (unpaired) electrons. The van der Waals surface area contributed by atoms with Crippen LogP contribution in [-0.4, -0.2) is 16.2 Å². The van der Waals surface area contributed by atoms with Crippen LogP contribution in [0.15, 0.2) is 10.6 Å². The number of carboxylic acids is 1. The molecule has 5 heteroatoms. The zero-order valence-corrected chi connectivity index (χ0v) is 10.1. The van der Waals surface area contributed by atoms with Crippen LogP contribution in [-0.2, 0) is 0 Å². The van der Waals surface area contributed by atoms with Crippen molar-refractivity contribution in [2.45, 2.75) is 38.0 Å². The van der Waals surface area contributed by atoms with Crippen LogP contribution in [0.2, 0.25) is 0 Å². The van der Waals surface area contributed by atoms with Gasteiger partial charge in [0.15, 0.2) is 0 Å². The Kier molecular flexibility index (Phi) is 2.63. The Labute approximate surface area is 102 Å². The molecular weight excluding hydrogens is 238 g/mol. The molecule has 2 aromatic rings. The van der Waals surface area contributed by atoms with Gasteiger partial charge in [0.2, 0.25) is 4.90 Å². The minimum absolute atomic E-state index is 0.332. The number of hydrogen-bond donors (Lipinski definition) is 1. The van der Waals surface area contributed by atoms with E-state index in [1.807, 2.05) is 0 Å². The quantitative estimate of drug-likeness (QED) is 0.885. The zero-order valence-electron chi connectivity index (χ0n) is 9.31. The number of aromatic nitrogens is 1. The van der Waals surface area contributed by atoms with Crippen LogP contribution in [0.5, 0.6) is 0 Å². The topological polar surface area (TPSA) is 63.3 Å². The Morgan fingerprint density at radius 3 is 2.88 bits per heavy atom. The second kappa shape index (κ2) is 4.14. The summed E-state index contributed by atoms with van der Waals surface area (Å²) in [4.78, 5) is 11.9. The lowest BCUT2D eigenvalue weighted by atomic mass is 9.86. The van der Waals surface area contributed by atoms with Crippen LogP contribution in [0.25, 0.3) is 10.3 Å². The fourth-order valence-electron chi connectivity index (χ4n) is 2.54. The molecule has 0 bridgehead atoms. The van der Waals surface area contributed by atoms with E-state index < -0.39 is 5.97 Å². The van der Waals surface area contributed by atoms with E-state index in [1.165, 1.54) is 19.3 Å². The number of thiophene rings is 1. The summed E-state index contributed by atoms with van der Waals surface area (Å²) < 4.78 is 5.24. The maximum absolute atomic E-state index is 10.9. The average Bonchev–Trinajstić information content (AvgIpc) is 2.89. The van der Waals surface area contributed by atoms with Crippen molar-refractivity contribution in [3.8, 4) is 0 Å². The zero-order chi connectivity index (χ0) is 11.8. The van der Waals surface area contributed by atoms with Crippen LogP contribution < -0.4 is 0 Å². The molecule has 0 aromatic carbocycles. The van der Waals surface area contributed by atoms with Gasteiger partial charge in [-0.3, -0.25) is 0 Å². The van der Waals surface area contributed by atoms with Gasteiger partial charge in [0.05, 0.1) is 11.1 Å². The number of hydrogen-bond acceptors (Lipinski definition) is 4. The van der Waals surface area contributed by atoms with Crippen molar-refractivity contribution in [3.05, 3.63) is 16.6 Å². The normalized spacial score (nSPS) is 17.6. The highest BCUT2D eigenvalue weighted by atomic mass is 32.1. The summed E-state index contributed by atoms with van der Waals surface area (Å²) in [7, 11) is 0. The highest BCUT2D eigenvalue weighted by molar-refractivity contribution is 7.20. The van der Waals surface area contributed by atoms with Gasteiger partial charge in [0.1, 0.15) is 4.88 Å². The number of carbonyl (C=O) groups is 1. The SMILES string of the molecule is O=C(O)c1cc2c(C3CCCCC3)noc2s1. The minimum atomic E-state index is -0.893. The molecule has 2 heterocycles. The van der Waals surface area contributed by atoms with Crippen molar-refractivity contribution in [2.24, 2.45) is 0 Å². The van der Waals surface area contributed by atoms with E-state index in [1.54, 1.807) is 6.07 Å². The van der Waals surface area contributed by atoms with Gasteiger partial charge in [-0.15, -0.1) is 0 Å². The van der Waals surface area contributed by atoms with Gasteiger partial charge < -0.3 is 9.63 Å². The van der Waals surface area contributed by atoms with E-state index in [4.69, 9.17) is 9.63 Å². The highest BCUT2D eigenvalue weighted by Gasteiger charge is 2.24. The Morgan fingerprint density at radius 1 is 1.41 bits per heavy atom. The van der Waals surface area contributed by atoms with E-state index in [2.05, 4.69) is 5.16 Å². The monoisotopic (exact) mass is 251 g/mol. The maximum atomic E-state index is 10.9. The number of carboxylic acid groups (broad SMARTS) is 1. The molecule has 2 aromatic heterocycles. The summed E-state index contributed by atoms with van der Waals surface area (Å²) in [6.45, 7) is 0. The largest absolute Gasteiger partial charge is 0.477 e.